The molecule has 0 amide bonds. The molecule has 0 atom stereocenters. The number of nitrogens with two attached hydrogens (primary N) is 1. The smallest absolute Gasteiger partial charge is 0.191 e. The fourth-order valence-corrected chi connectivity index (χ4v) is 0.292. The topological polar surface area (TPSA) is 50.7 Å². The maximum Gasteiger partial charge on any atom is 0.191 e. The van der Waals surface area contributed by atoms with Crippen LogP contribution in [-0.4, -0.2) is 18.7 Å². The van der Waals surface area contributed by atoms with Crippen molar-refractivity contribution in [3.63, 3.8) is 0 Å². The summed E-state index contributed by atoms with van der Waals surface area (Å²) in [5, 5.41) is 0. The number of hydrogen-bond donors (Lipinski definition) is 1. The summed E-state index contributed by atoms with van der Waals surface area (Å²) >= 11 is 0. The van der Waals surface area contributed by atoms with Crippen LogP contribution in [0.5, 0.6) is 0 Å². The molecule has 0 aromatic rings. The normalized spacial score (nSPS) is 17.3. The summed E-state index contributed by atoms with van der Waals surface area (Å²) < 4.78 is 0. The van der Waals surface area contributed by atoms with Crippen molar-refractivity contribution in [1.82, 2.24) is 0 Å². The van der Waals surface area contributed by atoms with Crippen molar-refractivity contribution in [2.45, 2.75) is 6.29 Å². The predicted octanol–water partition coefficient (Wildman–Crippen LogP) is -0.194. The van der Waals surface area contributed by atoms with Crippen molar-refractivity contribution in [1.29, 1.82) is 0 Å². The Bertz CT molecular complexity index is 86.4. The van der Waals surface area contributed by atoms with E-state index in [1.807, 2.05) is 0 Å². The first-order chi connectivity index (χ1) is 2.89. The molecule has 0 aromatic heterocycles. The largest absolute Gasteiger partial charge is 0.291 e. The van der Waals surface area contributed by atoms with E-state index in [0.29, 0.717) is 0 Å². The molecule has 40 valence electrons. The standard InChI is InChI=1S/C3H5N3.ClH/c4-3-5-1-2-6-3;/h1-3H,4H2;1H. The highest BCUT2D eigenvalue weighted by Gasteiger charge is 1.91. The second-order valence-electron chi connectivity index (χ2n) is 1.01. The summed E-state index contributed by atoms with van der Waals surface area (Å²) in [6.45, 7) is 0. The van der Waals surface area contributed by atoms with Gasteiger partial charge in [0.25, 0.3) is 0 Å². The maximum absolute atomic E-state index is 5.14. The lowest BCUT2D eigenvalue weighted by atomic mass is 10.9. The summed E-state index contributed by atoms with van der Waals surface area (Å²) in [5.41, 5.74) is 5.14. The fraction of sp³-hybridized carbons (Fsp3) is 0.333. The van der Waals surface area contributed by atoms with E-state index in [2.05, 4.69) is 9.98 Å². The van der Waals surface area contributed by atoms with Gasteiger partial charge in [0.15, 0.2) is 6.29 Å². The molecule has 0 spiro atoms. The van der Waals surface area contributed by atoms with E-state index < -0.39 is 0 Å². The Morgan fingerprint density at radius 3 is 1.86 bits per heavy atom. The quantitative estimate of drug-likeness (QED) is 0.472. The second kappa shape index (κ2) is 2.71. The fourth-order valence-electron chi connectivity index (χ4n) is 0.292. The van der Waals surface area contributed by atoms with E-state index in [1.165, 1.54) is 0 Å². The minimum absolute atomic E-state index is 0. The summed E-state index contributed by atoms with van der Waals surface area (Å²) in [4.78, 5) is 7.33. The van der Waals surface area contributed by atoms with Gasteiger partial charge in [-0.3, -0.25) is 15.7 Å². The third kappa shape index (κ3) is 1.66. The monoisotopic (exact) mass is 119 g/mol. The number of rotatable bonds is 0. The highest BCUT2D eigenvalue weighted by atomic mass is 35.5. The summed E-state index contributed by atoms with van der Waals surface area (Å²) in [6.07, 6.45) is 2.86. The van der Waals surface area contributed by atoms with Gasteiger partial charge in [-0.05, 0) is 0 Å². The molecule has 0 aromatic carbocycles. The van der Waals surface area contributed by atoms with Crippen LogP contribution in [0, 0.1) is 0 Å². The maximum atomic E-state index is 5.14. The zero-order chi connectivity index (χ0) is 4.41. The lowest BCUT2D eigenvalue weighted by Crippen LogP contribution is -2.09. The Labute approximate surface area is 47.7 Å². The molecule has 1 rings (SSSR count). The molecule has 0 fully saturated rings. The van der Waals surface area contributed by atoms with Gasteiger partial charge >= 0.3 is 0 Å². The minimum Gasteiger partial charge on any atom is -0.291 e. The Morgan fingerprint density at radius 2 is 1.71 bits per heavy atom. The van der Waals surface area contributed by atoms with Gasteiger partial charge < -0.3 is 0 Å². The van der Waals surface area contributed by atoms with Crippen LogP contribution in [0.25, 0.3) is 0 Å². The van der Waals surface area contributed by atoms with Crippen LogP contribution in [0.3, 0.4) is 0 Å². The molecule has 3 nitrogen and oxygen atoms in total. The predicted molar refractivity (Wildman–Crippen MR) is 32.2 cm³/mol. The molecular weight excluding hydrogens is 114 g/mol. The van der Waals surface area contributed by atoms with E-state index in [9.17, 15) is 0 Å². The zero-order valence-electron chi connectivity index (χ0n) is 3.61. The first-order valence-corrected chi connectivity index (χ1v) is 1.70. The number of hydrogen-bond acceptors (Lipinski definition) is 3. The van der Waals surface area contributed by atoms with Gasteiger partial charge in [0.2, 0.25) is 0 Å². The molecule has 1 aliphatic heterocycles. The third-order valence-electron chi connectivity index (χ3n) is 0.544. The van der Waals surface area contributed by atoms with Crippen molar-refractivity contribution in [2.75, 3.05) is 0 Å². The summed E-state index contributed by atoms with van der Waals surface area (Å²) in [6, 6.07) is 0. The van der Waals surface area contributed by atoms with Crippen LogP contribution in [-0.2, 0) is 0 Å². The number of halogens is 1. The summed E-state index contributed by atoms with van der Waals surface area (Å²) in [5.74, 6) is 0. The molecule has 0 bridgehead atoms. The van der Waals surface area contributed by atoms with Crippen molar-refractivity contribution in [3.05, 3.63) is 0 Å². The van der Waals surface area contributed by atoms with E-state index in [1.54, 1.807) is 12.4 Å². The molecule has 0 saturated carbocycles. The average molecular weight is 120 g/mol. The van der Waals surface area contributed by atoms with Crippen molar-refractivity contribution in [3.8, 4) is 0 Å². The van der Waals surface area contributed by atoms with Crippen molar-refractivity contribution < 1.29 is 0 Å². The van der Waals surface area contributed by atoms with Crippen molar-refractivity contribution >= 4 is 24.8 Å². The Morgan fingerprint density at radius 1 is 1.29 bits per heavy atom. The zero-order valence-corrected chi connectivity index (χ0v) is 4.43. The molecule has 0 radical (unpaired) electrons. The van der Waals surface area contributed by atoms with Gasteiger partial charge in [0.05, 0.1) is 0 Å². The molecule has 0 saturated heterocycles. The van der Waals surface area contributed by atoms with Crippen molar-refractivity contribution in [2.24, 2.45) is 15.7 Å². The van der Waals surface area contributed by atoms with Crippen LogP contribution >= 0.6 is 12.4 Å². The van der Waals surface area contributed by atoms with E-state index in [0.717, 1.165) is 0 Å². The Balaban J connectivity index is 0.000000360. The first-order valence-electron chi connectivity index (χ1n) is 1.70. The van der Waals surface area contributed by atoms with E-state index in [4.69, 9.17) is 5.73 Å². The number of aliphatic imine (C=N–C) groups is 2. The second-order valence-corrected chi connectivity index (χ2v) is 1.01. The van der Waals surface area contributed by atoms with Gasteiger partial charge in [-0.2, -0.15) is 0 Å². The van der Waals surface area contributed by atoms with Gasteiger partial charge in [-0.15, -0.1) is 12.4 Å². The highest BCUT2D eigenvalue weighted by molar-refractivity contribution is 6.17. The Kier molecular flexibility index (Phi) is 2.55. The molecule has 7 heavy (non-hydrogen) atoms. The summed E-state index contributed by atoms with van der Waals surface area (Å²) in [7, 11) is 0. The molecule has 1 heterocycles. The molecule has 0 aliphatic carbocycles. The lowest BCUT2D eigenvalue weighted by molar-refractivity contribution is 0.776. The Hall–Kier alpha value is -0.410. The van der Waals surface area contributed by atoms with Gasteiger partial charge in [-0.1, -0.05) is 0 Å². The average Bonchev–Trinajstić information content (AvgIpc) is 1.86. The minimum atomic E-state index is -0.315. The molecule has 4 heteroatoms. The molecule has 1 aliphatic rings. The van der Waals surface area contributed by atoms with Crippen LogP contribution in [0.1, 0.15) is 0 Å². The highest BCUT2D eigenvalue weighted by Crippen LogP contribution is 1.83. The van der Waals surface area contributed by atoms with Gasteiger partial charge in [0, 0.05) is 12.4 Å². The van der Waals surface area contributed by atoms with Gasteiger partial charge in [0.1, 0.15) is 0 Å². The molecule has 2 N–H and O–H groups in total. The SMILES string of the molecule is Cl.NC1N=CC=N1. The molecular formula is C3H6ClN3. The van der Waals surface area contributed by atoms with Gasteiger partial charge in [-0.25, -0.2) is 0 Å². The first kappa shape index (κ1) is 6.59. The van der Waals surface area contributed by atoms with Crippen LogP contribution in [0.15, 0.2) is 9.98 Å². The number of nitrogens with zero attached hydrogens (tertiary/aromatic N) is 2. The molecule has 0 unspecified atom stereocenters. The van der Waals surface area contributed by atoms with Crippen LogP contribution in [0.4, 0.5) is 0 Å². The van der Waals surface area contributed by atoms with E-state index >= 15 is 0 Å². The van der Waals surface area contributed by atoms with E-state index in [-0.39, 0.29) is 18.7 Å². The third-order valence-corrected chi connectivity index (χ3v) is 0.544. The van der Waals surface area contributed by atoms with Crippen LogP contribution in [0.2, 0.25) is 0 Å². The lowest BCUT2D eigenvalue weighted by Gasteiger charge is -1.85. The van der Waals surface area contributed by atoms with Crippen LogP contribution < -0.4 is 5.73 Å².